The molecule has 0 spiro atoms. The highest BCUT2D eigenvalue weighted by atomic mass is 16.5. The van der Waals surface area contributed by atoms with Crippen LogP contribution in [0.1, 0.15) is 49.1 Å². The molecule has 3 aromatic rings. The van der Waals surface area contributed by atoms with E-state index in [0.717, 1.165) is 30.9 Å². The van der Waals surface area contributed by atoms with E-state index in [0.29, 0.717) is 12.5 Å². The highest BCUT2D eigenvalue weighted by Crippen LogP contribution is 2.40. The van der Waals surface area contributed by atoms with Crippen LogP contribution in [-0.2, 0) is 28.9 Å². The van der Waals surface area contributed by atoms with Crippen molar-refractivity contribution in [2.45, 2.75) is 53.0 Å². The van der Waals surface area contributed by atoms with E-state index in [-0.39, 0.29) is 5.97 Å². The van der Waals surface area contributed by atoms with Crippen LogP contribution in [0.5, 0.6) is 11.5 Å². The Morgan fingerprint density at radius 3 is 2.30 bits per heavy atom. The van der Waals surface area contributed by atoms with Crippen LogP contribution in [-0.4, -0.2) is 31.4 Å². The van der Waals surface area contributed by atoms with Gasteiger partial charge in [0.1, 0.15) is 0 Å². The summed E-state index contributed by atoms with van der Waals surface area (Å²) < 4.78 is 17.9. The summed E-state index contributed by atoms with van der Waals surface area (Å²) in [5.41, 5.74) is 8.11. The second kappa shape index (κ2) is 11.1. The maximum absolute atomic E-state index is 9.82. The Balaban J connectivity index is 0.000000454. The van der Waals surface area contributed by atoms with E-state index in [1.54, 1.807) is 21.1 Å². The van der Waals surface area contributed by atoms with Crippen molar-refractivity contribution in [2.75, 3.05) is 20.8 Å². The minimum absolute atomic E-state index is 0.211. The van der Waals surface area contributed by atoms with E-state index in [9.17, 15) is 4.79 Å². The number of methoxy groups -OCH3 is 2. The molecule has 1 unspecified atom stereocenters. The molecule has 1 aromatic heterocycles. The standard InChI is InChI=1S/C24H27NO2.C4H8O2/c1-16(18-8-6-5-7-9-18)12-20-13-22-21-15-24(27-4)23(26-3)14-19(21)10-11-25(22)17(20)2;1-3-6-4(2)5/h5-9,13-16H,10-12H2,1-4H3;3H2,1-2H3. The lowest BCUT2D eigenvalue weighted by Gasteiger charge is -2.22. The molecule has 1 atom stereocenters. The van der Waals surface area contributed by atoms with Gasteiger partial charge in [-0.2, -0.15) is 0 Å². The molecule has 5 nitrogen and oxygen atoms in total. The zero-order valence-electron chi connectivity index (χ0n) is 20.6. The zero-order valence-corrected chi connectivity index (χ0v) is 20.6. The number of aryl methyl sites for hydroxylation is 1. The number of carbonyl (C=O) groups is 1. The number of rotatable bonds is 6. The maximum atomic E-state index is 9.82. The first-order valence-electron chi connectivity index (χ1n) is 11.5. The summed E-state index contributed by atoms with van der Waals surface area (Å²) in [5.74, 6) is 1.89. The zero-order chi connectivity index (χ0) is 24.0. The number of benzene rings is 2. The van der Waals surface area contributed by atoms with Gasteiger partial charge < -0.3 is 18.8 Å². The van der Waals surface area contributed by atoms with Gasteiger partial charge in [-0.15, -0.1) is 0 Å². The van der Waals surface area contributed by atoms with Crippen LogP contribution < -0.4 is 9.47 Å². The van der Waals surface area contributed by atoms with Crippen molar-refractivity contribution in [3.63, 3.8) is 0 Å². The maximum Gasteiger partial charge on any atom is 0.302 e. The van der Waals surface area contributed by atoms with Crippen LogP contribution in [0.2, 0.25) is 0 Å². The first-order chi connectivity index (χ1) is 15.9. The fourth-order valence-corrected chi connectivity index (χ4v) is 4.45. The third kappa shape index (κ3) is 5.59. The third-order valence-electron chi connectivity index (χ3n) is 6.20. The van der Waals surface area contributed by atoms with Crippen LogP contribution in [0, 0.1) is 6.92 Å². The van der Waals surface area contributed by atoms with Crippen molar-refractivity contribution in [3.05, 3.63) is 70.9 Å². The lowest BCUT2D eigenvalue weighted by Crippen LogP contribution is -2.12. The normalized spacial score (nSPS) is 12.5. The molecule has 0 saturated carbocycles. The Morgan fingerprint density at radius 2 is 1.73 bits per heavy atom. The number of aromatic nitrogens is 1. The highest BCUT2D eigenvalue weighted by molar-refractivity contribution is 5.72. The van der Waals surface area contributed by atoms with Gasteiger partial charge in [0.25, 0.3) is 0 Å². The molecule has 33 heavy (non-hydrogen) atoms. The number of fused-ring (bicyclic) bond motifs is 3. The summed E-state index contributed by atoms with van der Waals surface area (Å²) in [4.78, 5) is 9.82. The summed E-state index contributed by atoms with van der Waals surface area (Å²) in [5, 5.41) is 0. The van der Waals surface area contributed by atoms with Gasteiger partial charge in [0.05, 0.1) is 20.8 Å². The average molecular weight is 450 g/mol. The van der Waals surface area contributed by atoms with E-state index in [1.807, 2.05) is 0 Å². The molecule has 1 aliphatic rings. The molecule has 0 aliphatic carbocycles. The first-order valence-corrected chi connectivity index (χ1v) is 11.5. The first kappa shape index (κ1) is 24.4. The van der Waals surface area contributed by atoms with Gasteiger partial charge >= 0.3 is 5.97 Å². The quantitative estimate of drug-likeness (QED) is 0.436. The lowest BCUT2D eigenvalue weighted by molar-refractivity contribution is -0.140. The van der Waals surface area contributed by atoms with E-state index in [2.05, 4.69) is 71.7 Å². The van der Waals surface area contributed by atoms with Crippen molar-refractivity contribution in [2.24, 2.45) is 0 Å². The minimum atomic E-state index is -0.211. The van der Waals surface area contributed by atoms with Crippen molar-refractivity contribution in [3.8, 4) is 22.8 Å². The van der Waals surface area contributed by atoms with Crippen LogP contribution in [0.4, 0.5) is 0 Å². The molecule has 0 amide bonds. The SMILES string of the molecule is CCOC(C)=O.COc1cc2c(cc1OC)-c1cc(CC(C)c3ccccc3)c(C)n1CC2. The third-order valence-corrected chi connectivity index (χ3v) is 6.20. The lowest BCUT2D eigenvalue weighted by atomic mass is 9.93. The summed E-state index contributed by atoms with van der Waals surface area (Å²) in [6, 6.07) is 17.4. The molecule has 0 N–H and O–H groups in total. The second-order valence-electron chi connectivity index (χ2n) is 8.35. The fraction of sp³-hybridized carbons (Fsp3) is 0.393. The van der Waals surface area contributed by atoms with E-state index in [4.69, 9.17) is 9.47 Å². The van der Waals surface area contributed by atoms with Crippen molar-refractivity contribution >= 4 is 5.97 Å². The highest BCUT2D eigenvalue weighted by Gasteiger charge is 2.23. The van der Waals surface area contributed by atoms with Gasteiger partial charge in [-0.3, -0.25) is 4.79 Å². The molecular formula is C28H35NO4. The molecular weight excluding hydrogens is 414 g/mol. The molecule has 176 valence electrons. The van der Waals surface area contributed by atoms with Crippen LogP contribution in [0.15, 0.2) is 48.5 Å². The second-order valence-corrected chi connectivity index (χ2v) is 8.35. The number of ether oxygens (including phenoxy) is 3. The number of esters is 1. The van der Waals surface area contributed by atoms with Gasteiger partial charge in [0.15, 0.2) is 11.5 Å². The van der Waals surface area contributed by atoms with Crippen molar-refractivity contribution in [1.29, 1.82) is 0 Å². The molecule has 2 heterocycles. The molecule has 0 saturated heterocycles. The Bertz CT molecular complexity index is 1090. The molecule has 4 rings (SSSR count). The predicted octanol–water partition coefficient (Wildman–Crippen LogP) is 5.95. The Kier molecular flexibility index (Phi) is 8.21. The van der Waals surface area contributed by atoms with Crippen LogP contribution in [0.3, 0.4) is 0 Å². The largest absolute Gasteiger partial charge is 0.493 e. The van der Waals surface area contributed by atoms with Crippen LogP contribution in [0.25, 0.3) is 11.3 Å². The Morgan fingerprint density at radius 1 is 1.06 bits per heavy atom. The molecule has 0 radical (unpaired) electrons. The molecule has 2 aromatic carbocycles. The van der Waals surface area contributed by atoms with Gasteiger partial charge in [-0.05, 0) is 67.5 Å². The predicted molar refractivity (Wildman–Crippen MR) is 132 cm³/mol. The molecule has 1 aliphatic heterocycles. The van der Waals surface area contributed by atoms with Crippen molar-refractivity contribution < 1.29 is 19.0 Å². The molecule has 0 fully saturated rings. The Hall–Kier alpha value is -3.21. The average Bonchev–Trinajstić information content (AvgIpc) is 3.14. The summed E-state index contributed by atoms with van der Waals surface area (Å²) in [7, 11) is 3.40. The Labute approximate surface area is 197 Å². The smallest absolute Gasteiger partial charge is 0.302 e. The summed E-state index contributed by atoms with van der Waals surface area (Å²) in [6.45, 7) is 9.24. The number of nitrogens with zero attached hydrogens (tertiary/aromatic N) is 1. The minimum Gasteiger partial charge on any atom is -0.493 e. The topological polar surface area (TPSA) is 49.7 Å². The number of carbonyl (C=O) groups excluding carboxylic acids is 1. The van der Waals surface area contributed by atoms with Gasteiger partial charge in [0, 0.05) is 30.4 Å². The van der Waals surface area contributed by atoms with E-state index < -0.39 is 0 Å². The fourth-order valence-electron chi connectivity index (χ4n) is 4.45. The molecule has 0 bridgehead atoms. The summed E-state index contributed by atoms with van der Waals surface area (Å²) >= 11 is 0. The van der Waals surface area contributed by atoms with E-state index in [1.165, 1.54) is 40.6 Å². The van der Waals surface area contributed by atoms with Crippen LogP contribution >= 0.6 is 0 Å². The summed E-state index contributed by atoms with van der Waals surface area (Å²) in [6.07, 6.45) is 2.07. The van der Waals surface area contributed by atoms with Gasteiger partial charge in [0.2, 0.25) is 0 Å². The number of hydrogen-bond donors (Lipinski definition) is 0. The van der Waals surface area contributed by atoms with Gasteiger partial charge in [-0.25, -0.2) is 0 Å². The number of hydrogen-bond acceptors (Lipinski definition) is 4. The monoisotopic (exact) mass is 449 g/mol. The molecule has 5 heteroatoms. The van der Waals surface area contributed by atoms with E-state index >= 15 is 0 Å². The van der Waals surface area contributed by atoms with Crippen molar-refractivity contribution in [1.82, 2.24) is 4.57 Å². The van der Waals surface area contributed by atoms with Gasteiger partial charge in [-0.1, -0.05) is 37.3 Å².